The summed E-state index contributed by atoms with van der Waals surface area (Å²) >= 11 is 0. The van der Waals surface area contributed by atoms with Crippen molar-refractivity contribution in [2.45, 2.75) is 18.3 Å². The van der Waals surface area contributed by atoms with Crippen LogP contribution in [-0.4, -0.2) is 9.13 Å². The van der Waals surface area contributed by atoms with Gasteiger partial charge in [0.1, 0.15) is 0 Å². The van der Waals surface area contributed by atoms with E-state index in [1.165, 1.54) is 121 Å². The molecule has 78 heavy (non-hydrogen) atoms. The minimum Gasteiger partial charge on any atom is -0.344 e. The first-order valence-electron chi connectivity index (χ1n) is 27.2. The van der Waals surface area contributed by atoms with Crippen LogP contribution in [0.15, 0.2) is 273 Å². The van der Waals surface area contributed by atoms with E-state index < -0.39 is 5.41 Å². The summed E-state index contributed by atoms with van der Waals surface area (Å²) in [6.07, 6.45) is 0. The summed E-state index contributed by atoms with van der Waals surface area (Å²) < 4.78 is 4.71. The van der Waals surface area contributed by atoms with Crippen molar-refractivity contribution < 1.29 is 0 Å². The lowest BCUT2D eigenvalue weighted by atomic mass is 9.72. The first-order valence-corrected chi connectivity index (χ1v) is 27.2. The topological polar surface area (TPSA) is 13.1 Å². The van der Waals surface area contributed by atoms with Crippen LogP contribution >= 0.6 is 0 Å². The lowest BCUT2D eigenvalue weighted by molar-refractivity contribution is 0.712. The Labute approximate surface area is 455 Å². The third-order valence-electron chi connectivity index (χ3n) is 17.3. The van der Waals surface area contributed by atoms with Gasteiger partial charge in [-0.25, -0.2) is 0 Å². The average molecular weight is 998 g/mol. The molecule has 0 aliphatic heterocycles. The molecule has 0 saturated heterocycles. The van der Waals surface area contributed by atoms with Gasteiger partial charge in [0.25, 0.3) is 0 Å². The Bertz CT molecular complexity index is 4660. The van der Waals surface area contributed by atoms with Gasteiger partial charge in [0.15, 0.2) is 0 Å². The van der Waals surface area contributed by atoms with Crippen molar-refractivity contribution in [3.05, 3.63) is 306 Å². The van der Waals surface area contributed by atoms with Crippen LogP contribution in [-0.2, 0) is 19.5 Å². The number of anilines is 3. The maximum absolute atomic E-state index is 2.58. The molecule has 12 aromatic carbocycles. The molecule has 15 rings (SSSR count). The van der Waals surface area contributed by atoms with Crippen LogP contribution < -0.4 is 4.90 Å². The zero-order valence-electron chi connectivity index (χ0n) is 43.9. The maximum Gasteiger partial charge on any atom is 0.0562 e. The van der Waals surface area contributed by atoms with Crippen LogP contribution in [0.1, 0.15) is 46.2 Å². The second-order valence-electron chi connectivity index (χ2n) is 21.4. The third-order valence-corrected chi connectivity index (χ3v) is 17.3. The zero-order valence-corrected chi connectivity index (χ0v) is 43.9. The molecule has 2 atom stereocenters. The summed E-state index contributed by atoms with van der Waals surface area (Å²) in [5.74, 6) is -0.0851. The van der Waals surface area contributed by atoms with Gasteiger partial charge in [-0.05, 0) is 128 Å². The Kier molecular flexibility index (Phi) is 10.5. The summed E-state index contributed by atoms with van der Waals surface area (Å²) in [7, 11) is 4.41. The summed E-state index contributed by atoms with van der Waals surface area (Å²) in [5, 5.41) is 7.47. The molecular weight excluding hydrogens is 943 g/mol. The molecule has 0 fully saturated rings. The van der Waals surface area contributed by atoms with E-state index >= 15 is 0 Å². The van der Waals surface area contributed by atoms with Gasteiger partial charge >= 0.3 is 0 Å². The molecule has 2 aromatic heterocycles. The van der Waals surface area contributed by atoms with Crippen LogP contribution in [0.5, 0.6) is 0 Å². The van der Waals surface area contributed by atoms with Crippen LogP contribution in [0.25, 0.3) is 87.8 Å². The number of aryl methyl sites for hydroxylation is 2. The van der Waals surface area contributed by atoms with Gasteiger partial charge in [-0.1, -0.05) is 224 Å². The van der Waals surface area contributed by atoms with Gasteiger partial charge in [0, 0.05) is 74.6 Å². The van der Waals surface area contributed by atoms with E-state index in [4.69, 9.17) is 0 Å². The highest BCUT2D eigenvalue weighted by molar-refractivity contribution is 6.18. The molecule has 1 aliphatic rings. The molecule has 0 N–H and O–H groups in total. The maximum atomic E-state index is 2.58. The standard InChI is InChI=1S/C75H55N3/c1-75(55-30-11-6-12-31-55)63-47-54(71(53-29-19-27-51(45-53)49-23-7-4-8-24-49)62-37-21-40-67-73(62)60-35-15-17-38-65(60)76(67)2)43-44-59(63)72-58-34-14-13-33-57(58)70(48-64(72)75)78(56-32-20-28-52(46-56)50-25-9-5-10-26-50)69-42-22-41-68-74(69)61-36-16-18-39-66(61)77(68)3/h4-48,71H,1-3H3. The first kappa shape index (κ1) is 45.7. The molecule has 0 spiro atoms. The fourth-order valence-electron chi connectivity index (χ4n) is 13.6. The van der Waals surface area contributed by atoms with Crippen LogP contribution in [0, 0.1) is 0 Å². The largest absolute Gasteiger partial charge is 0.344 e. The minimum atomic E-state index is -0.550. The van der Waals surface area contributed by atoms with Gasteiger partial charge in [0.05, 0.1) is 16.9 Å². The third kappa shape index (κ3) is 6.91. The SMILES string of the molecule is Cn1c2ccccc2c2c(C(c3cccc(-c4ccccc4)c3)c3ccc4c(c3)C(C)(c3ccccc3)c3cc(N(c5cccc(-c6ccccc6)c5)c5cccc6c5c5ccccc5n6C)c5ccccc5c3-4)cccc21. The number of benzene rings is 12. The predicted octanol–water partition coefficient (Wildman–Crippen LogP) is 19.4. The second-order valence-corrected chi connectivity index (χ2v) is 21.4. The zero-order chi connectivity index (χ0) is 52.1. The van der Waals surface area contributed by atoms with Crippen molar-refractivity contribution in [1.29, 1.82) is 0 Å². The highest BCUT2D eigenvalue weighted by Crippen LogP contribution is 2.58. The number of nitrogens with zero attached hydrogens (tertiary/aromatic N) is 3. The molecular formula is C75H55N3. The molecule has 0 bridgehead atoms. The molecule has 3 heteroatoms. The number of para-hydroxylation sites is 2. The summed E-state index contributed by atoms with van der Waals surface area (Å²) in [6.45, 7) is 2.48. The van der Waals surface area contributed by atoms with Gasteiger partial charge in [-0.3, -0.25) is 0 Å². The molecule has 0 saturated carbocycles. The van der Waals surface area contributed by atoms with Gasteiger partial charge in [-0.2, -0.15) is 0 Å². The summed E-state index contributed by atoms with van der Waals surface area (Å²) in [4.78, 5) is 2.56. The van der Waals surface area contributed by atoms with Crippen molar-refractivity contribution >= 4 is 71.4 Å². The molecule has 370 valence electrons. The number of rotatable bonds is 9. The number of hydrogen-bond acceptors (Lipinski definition) is 1. The molecule has 1 aliphatic carbocycles. The molecule has 0 radical (unpaired) electrons. The van der Waals surface area contributed by atoms with E-state index in [0.717, 1.165) is 17.1 Å². The highest BCUT2D eigenvalue weighted by Gasteiger charge is 2.43. The van der Waals surface area contributed by atoms with Crippen LogP contribution in [0.3, 0.4) is 0 Å². The van der Waals surface area contributed by atoms with E-state index in [1.807, 2.05) is 0 Å². The van der Waals surface area contributed by atoms with E-state index in [1.54, 1.807) is 0 Å². The van der Waals surface area contributed by atoms with Gasteiger partial charge in [-0.15, -0.1) is 0 Å². The lowest BCUT2D eigenvalue weighted by Gasteiger charge is -2.32. The summed E-state index contributed by atoms with van der Waals surface area (Å²) in [5.41, 5.74) is 22.7. The van der Waals surface area contributed by atoms with Crippen molar-refractivity contribution in [3.8, 4) is 33.4 Å². The number of fused-ring (bicyclic) bond motifs is 11. The summed E-state index contributed by atoms with van der Waals surface area (Å²) in [6, 6.07) is 102. The average Bonchev–Trinajstić information content (AvgIpc) is 4.03. The molecule has 0 amide bonds. The Morgan fingerprint density at radius 3 is 1.56 bits per heavy atom. The van der Waals surface area contributed by atoms with Crippen LogP contribution in [0.2, 0.25) is 0 Å². The molecule has 14 aromatic rings. The molecule has 2 heterocycles. The van der Waals surface area contributed by atoms with Crippen LogP contribution in [0.4, 0.5) is 17.1 Å². The first-order chi connectivity index (χ1) is 38.4. The molecule has 2 unspecified atom stereocenters. The Hall–Kier alpha value is -9.70. The van der Waals surface area contributed by atoms with E-state index in [-0.39, 0.29) is 5.92 Å². The van der Waals surface area contributed by atoms with E-state index in [2.05, 4.69) is 308 Å². The second kappa shape index (κ2) is 18.0. The minimum absolute atomic E-state index is 0.0851. The smallest absolute Gasteiger partial charge is 0.0562 e. The Balaban J connectivity index is 1.01. The van der Waals surface area contributed by atoms with Crippen molar-refractivity contribution in [1.82, 2.24) is 9.13 Å². The van der Waals surface area contributed by atoms with Crippen molar-refractivity contribution in [3.63, 3.8) is 0 Å². The quantitative estimate of drug-likeness (QED) is 0.131. The number of hydrogen-bond donors (Lipinski definition) is 0. The van der Waals surface area contributed by atoms with Crippen molar-refractivity contribution in [2.75, 3.05) is 4.90 Å². The molecule has 3 nitrogen and oxygen atoms in total. The lowest BCUT2D eigenvalue weighted by Crippen LogP contribution is -2.23. The predicted molar refractivity (Wildman–Crippen MR) is 329 cm³/mol. The fraction of sp³-hybridized carbons (Fsp3) is 0.0667. The van der Waals surface area contributed by atoms with Gasteiger partial charge in [0.2, 0.25) is 0 Å². The number of aromatic nitrogens is 2. The Morgan fingerprint density at radius 2 is 0.872 bits per heavy atom. The van der Waals surface area contributed by atoms with E-state index in [9.17, 15) is 0 Å². The highest BCUT2D eigenvalue weighted by atomic mass is 15.1. The Morgan fingerprint density at radius 1 is 0.359 bits per heavy atom. The fourth-order valence-corrected chi connectivity index (χ4v) is 13.6. The monoisotopic (exact) mass is 997 g/mol. The normalized spacial score (nSPS) is 14.3. The van der Waals surface area contributed by atoms with E-state index in [0.29, 0.717) is 0 Å². The van der Waals surface area contributed by atoms with Crippen molar-refractivity contribution in [2.24, 2.45) is 14.1 Å². The van der Waals surface area contributed by atoms with Gasteiger partial charge < -0.3 is 14.0 Å².